The molecule has 0 fully saturated rings. The second-order valence-electron chi connectivity index (χ2n) is 14.6. The molecule has 1 unspecified atom stereocenters. The van der Waals surface area contributed by atoms with Gasteiger partial charge in [0.1, 0.15) is 11.2 Å². The number of furan rings is 1. The molecule has 0 saturated heterocycles. The number of nitrogens with zero attached hydrogens (tertiary/aromatic N) is 1. The second kappa shape index (κ2) is 15.1. The van der Waals surface area contributed by atoms with Gasteiger partial charge in [-0.05, 0) is 94.5 Å². The van der Waals surface area contributed by atoms with Crippen molar-refractivity contribution in [3.63, 3.8) is 0 Å². The molecular formula is C53H43NO. The Hall–Kier alpha value is -6.51. The second-order valence-corrected chi connectivity index (χ2v) is 14.6. The molecule has 9 rings (SSSR count). The minimum Gasteiger partial charge on any atom is -0.456 e. The van der Waals surface area contributed by atoms with Gasteiger partial charge in [0, 0.05) is 28.0 Å². The maximum absolute atomic E-state index is 6.59. The van der Waals surface area contributed by atoms with Crippen LogP contribution in [-0.2, 0) is 0 Å². The molecule has 0 aliphatic carbocycles. The fraction of sp³-hybridized carbons (Fsp3) is 0.113. The highest BCUT2D eigenvalue weighted by Crippen LogP contribution is 2.42. The lowest BCUT2D eigenvalue weighted by molar-refractivity contribution is 0.669. The van der Waals surface area contributed by atoms with Gasteiger partial charge in [-0.25, -0.2) is 0 Å². The van der Waals surface area contributed by atoms with Crippen molar-refractivity contribution in [3.8, 4) is 33.4 Å². The SMILES string of the molecule is CCC1/C=C(/c2cc(-c3ccccc3)cc3oc4ccccc4c23)N=C(c2ccccc2)CCC(C)=C1c1ccc(-c2ccc(-c3ccccc3)cc2)cc1. The third-order valence-electron chi connectivity index (χ3n) is 11.1. The van der Waals surface area contributed by atoms with Gasteiger partial charge in [0.05, 0.1) is 5.70 Å². The molecular weight excluding hydrogens is 667 g/mol. The summed E-state index contributed by atoms with van der Waals surface area (Å²) in [6.45, 7) is 4.63. The molecule has 1 atom stereocenters. The zero-order valence-corrected chi connectivity index (χ0v) is 31.4. The van der Waals surface area contributed by atoms with E-state index in [2.05, 4.69) is 190 Å². The fourth-order valence-corrected chi connectivity index (χ4v) is 8.22. The smallest absolute Gasteiger partial charge is 0.136 e. The largest absolute Gasteiger partial charge is 0.456 e. The van der Waals surface area contributed by atoms with Crippen molar-refractivity contribution in [3.05, 3.63) is 204 Å². The van der Waals surface area contributed by atoms with E-state index in [0.29, 0.717) is 0 Å². The van der Waals surface area contributed by atoms with Crippen molar-refractivity contribution >= 4 is 38.9 Å². The summed E-state index contributed by atoms with van der Waals surface area (Å²) < 4.78 is 6.59. The summed E-state index contributed by atoms with van der Waals surface area (Å²) in [4.78, 5) is 5.66. The Labute approximate surface area is 323 Å². The van der Waals surface area contributed by atoms with E-state index in [9.17, 15) is 0 Å². The first-order valence-electron chi connectivity index (χ1n) is 19.4. The zero-order valence-electron chi connectivity index (χ0n) is 31.4. The normalized spacial score (nSPS) is 15.9. The number of hydrogen-bond acceptors (Lipinski definition) is 2. The Balaban J connectivity index is 1.19. The van der Waals surface area contributed by atoms with Crippen LogP contribution in [0.5, 0.6) is 0 Å². The van der Waals surface area contributed by atoms with Gasteiger partial charge in [-0.2, -0.15) is 0 Å². The molecule has 55 heavy (non-hydrogen) atoms. The monoisotopic (exact) mass is 709 g/mol. The molecule has 266 valence electrons. The van der Waals surface area contributed by atoms with Crippen molar-refractivity contribution in [1.29, 1.82) is 0 Å². The number of aliphatic imine (C=N–C) groups is 1. The highest BCUT2D eigenvalue weighted by molar-refractivity contribution is 6.13. The predicted octanol–water partition coefficient (Wildman–Crippen LogP) is 14.7. The van der Waals surface area contributed by atoms with Crippen LogP contribution in [0.1, 0.15) is 49.8 Å². The van der Waals surface area contributed by atoms with Gasteiger partial charge < -0.3 is 4.42 Å². The summed E-state index contributed by atoms with van der Waals surface area (Å²) in [5.74, 6) is 0.151. The Kier molecular flexibility index (Phi) is 9.40. The molecule has 1 aliphatic rings. The third kappa shape index (κ3) is 6.88. The molecule has 0 radical (unpaired) electrons. The number of para-hydroxylation sites is 1. The first kappa shape index (κ1) is 34.3. The molecule has 0 N–H and O–H groups in total. The number of fused-ring (bicyclic) bond motifs is 3. The van der Waals surface area contributed by atoms with E-state index in [-0.39, 0.29) is 5.92 Å². The summed E-state index contributed by atoms with van der Waals surface area (Å²) in [5.41, 5.74) is 17.3. The van der Waals surface area contributed by atoms with Crippen molar-refractivity contribution in [2.45, 2.75) is 33.1 Å². The molecule has 0 bridgehead atoms. The maximum Gasteiger partial charge on any atom is 0.136 e. The summed E-state index contributed by atoms with van der Waals surface area (Å²) in [6.07, 6.45) is 5.15. The molecule has 0 saturated carbocycles. The summed E-state index contributed by atoms with van der Waals surface area (Å²) in [7, 11) is 0. The molecule has 2 heteroatoms. The quantitative estimate of drug-likeness (QED) is 0.162. The number of allylic oxidation sites excluding steroid dienone is 3. The van der Waals surface area contributed by atoms with E-state index >= 15 is 0 Å². The van der Waals surface area contributed by atoms with Gasteiger partial charge in [-0.1, -0.05) is 176 Å². The predicted molar refractivity (Wildman–Crippen MR) is 233 cm³/mol. The highest BCUT2D eigenvalue weighted by Gasteiger charge is 2.23. The summed E-state index contributed by atoms with van der Waals surface area (Å²) in [6, 6.07) is 62.9. The average molecular weight is 710 g/mol. The zero-order chi connectivity index (χ0) is 37.1. The van der Waals surface area contributed by atoms with Gasteiger partial charge in [0.25, 0.3) is 0 Å². The number of rotatable bonds is 7. The average Bonchev–Trinajstić information content (AvgIpc) is 3.66. The molecule has 2 nitrogen and oxygen atoms in total. The lowest BCUT2D eigenvalue weighted by atomic mass is 9.84. The van der Waals surface area contributed by atoms with E-state index in [1.807, 2.05) is 6.07 Å². The molecule has 1 aliphatic heterocycles. The van der Waals surface area contributed by atoms with Crippen LogP contribution in [0.3, 0.4) is 0 Å². The number of benzene rings is 7. The van der Waals surface area contributed by atoms with Gasteiger partial charge in [-0.3, -0.25) is 4.99 Å². The van der Waals surface area contributed by atoms with Gasteiger partial charge in [0.2, 0.25) is 0 Å². The Bertz CT molecular complexity index is 2700. The van der Waals surface area contributed by atoms with Gasteiger partial charge in [0.15, 0.2) is 0 Å². The van der Waals surface area contributed by atoms with Crippen LogP contribution in [0.15, 0.2) is 197 Å². The fourth-order valence-electron chi connectivity index (χ4n) is 8.22. The minimum atomic E-state index is 0.151. The maximum atomic E-state index is 6.59. The number of hydrogen-bond donors (Lipinski definition) is 0. The van der Waals surface area contributed by atoms with Crippen LogP contribution in [0, 0.1) is 5.92 Å². The van der Waals surface area contributed by atoms with E-state index in [0.717, 1.165) is 74.9 Å². The molecule has 0 amide bonds. The Morgan fingerprint density at radius 2 is 1.02 bits per heavy atom. The third-order valence-corrected chi connectivity index (χ3v) is 11.1. The molecule has 8 aromatic rings. The van der Waals surface area contributed by atoms with E-state index < -0.39 is 0 Å². The van der Waals surface area contributed by atoms with Gasteiger partial charge in [-0.15, -0.1) is 0 Å². The van der Waals surface area contributed by atoms with Crippen LogP contribution < -0.4 is 0 Å². The Morgan fingerprint density at radius 1 is 0.509 bits per heavy atom. The standard InChI is InChI=1S/C53H43NO/c1-3-37-34-49(47-33-45(39-17-9-5-10-18-39)35-51-53(47)46-21-13-14-22-50(46)55-51)54-48(43-19-11-6-12-20-43)32-23-36(2)52(37)44-30-28-42(29-31-44)41-26-24-40(25-27-41)38-15-7-4-8-16-38/h4-22,24-31,33-35,37H,3,23,32H2,1-2H3/b49-34-,52-36?,54-48?. The lowest BCUT2D eigenvalue weighted by Crippen LogP contribution is -2.04. The van der Waals surface area contributed by atoms with Crippen molar-refractivity contribution in [1.82, 2.24) is 0 Å². The molecule has 7 aromatic carbocycles. The minimum absolute atomic E-state index is 0.151. The summed E-state index contributed by atoms with van der Waals surface area (Å²) in [5, 5.41) is 2.22. The summed E-state index contributed by atoms with van der Waals surface area (Å²) >= 11 is 0. The van der Waals surface area contributed by atoms with Crippen LogP contribution in [0.2, 0.25) is 0 Å². The van der Waals surface area contributed by atoms with Crippen molar-refractivity contribution in [2.75, 3.05) is 0 Å². The highest BCUT2D eigenvalue weighted by atomic mass is 16.3. The van der Waals surface area contributed by atoms with Crippen molar-refractivity contribution < 1.29 is 4.42 Å². The van der Waals surface area contributed by atoms with Crippen molar-refractivity contribution in [2.24, 2.45) is 10.9 Å². The van der Waals surface area contributed by atoms with Gasteiger partial charge >= 0.3 is 0 Å². The van der Waals surface area contributed by atoms with E-state index in [4.69, 9.17) is 9.41 Å². The first-order chi connectivity index (χ1) is 27.1. The topological polar surface area (TPSA) is 25.5 Å². The lowest BCUT2D eigenvalue weighted by Gasteiger charge is -2.21. The molecule has 2 heterocycles. The first-order valence-corrected chi connectivity index (χ1v) is 19.4. The van der Waals surface area contributed by atoms with Crippen LogP contribution in [0.25, 0.3) is 66.6 Å². The van der Waals surface area contributed by atoms with Crippen LogP contribution >= 0.6 is 0 Å². The molecule has 1 aromatic heterocycles. The van der Waals surface area contributed by atoms with E-state index in [1.165, 1.54) is 39.0 Å². The Morgan fingerprint density at radius 3 is 1.62 bits per heavy atom. The van der Waals surface area contributed by atoms with Crippen LogP contribution in [-0.4, -0.2) is 5.71 Å². The van der Waals surface area contributed by atoms with E-state index in [1.54, 1.807) is 0 Å². The van der Waals surface area contributed by atoms with Crippen LogP contribution in [0.4, 0.5) is 0 Å². The molecule has 0 spiro atoms.